The Balaban J connectivity index is 2.12. The quantitative estimate of drug-likeness (QED) is 0.556. The molecule has 2 aromatic rings. The molecule has 0 fully saturated rings. The Labute approximate surface area is 154 Å². The molecule has 0 radical (unpaired) electrons. The number of rotatable bonds is 7. The van der Waals surface area contributed by atoms with Gasteiger partial charge in [-0.05, 0) is 57.9 Å². The minimum absolute atomic E-state index is 0.124. The molecule has 0 unspecified atom stereocenters. The summed E-state index contributed by atoms with van der Waals surface area (Å²) in [5.41, 5.74) is 4.81. The number of benzene rings is 1. The van der Waals surface area contributed by atoms with Crippen LogP contribution in [-0.4, -0.2) is 36.6 Å². The summed E-state index contributed by atoms with van der Waals surface area (Å²) in [6, 6.07) is 7.43. The maximum Gasteiger partial charge on any atom is 0.338 e. The van der Waals surface area contributed by atoms with Gasteiger partial charge in [0, 0.05) is 24.1 Å². The predicted octanol–water partition coefficient (Wildman–Crippen LogP) is 3.97. The number of hydrogen-bond acceptors (Lipinski definition) is 4. The fourth-order valence-electron chi connectivity index (χ4n) is 3.31. The van der Waals surface area contributed by atoms with Gasteiger partial charge in [-0.15, -0.1) is 0 Å². The number of esters is 1. The van der Waals surface area contributed by atoms with E-state index in [0.717, 1.165) is 22.5 Å². The summed E-state index contributed by atoms with van der Waals surface area (Å²) in [6.07, 6.45) is 0. The van der Waals surface area contributed by atoms with E-state index in [0.29, 0.717) is 17.7 Å². The first kappa shape index (κ1) is 19.9. The van der Waals surface area contributed by atoms with E-state index in [1.165, 1.54) is 0 Å². The molecule has 1 heterocycles. The molecular formula is C21H27NO4. The van der Waals surface area contributed by atoms with Crippen LogP contribution in [0.1, 0.15) is 56.2 Å². The van der Waals surface area contributed by atoms with E-state index in [9.17, 15) is 9.59 Å². The van der Waals surface area contributed by atoms with E-state index in [1.54, 1.807) is 13.2 Å². The Morgan fingerprint density at radius 2 is 1.81 bits per heavy atom. The van der Waals surface area contributed by atoms with Gasteiger partial charge in [0.05, 0.1) is 18.2 Å². The number of ether oxygens (including phenoxy) is 2. The SMILES string of the molecule is COC[C@@H](C)n1c(C)cc(C(=O)COC(=O)c2cccc(C)c2C)c1C. The molecule has 0 saturated heterocycles. The van der Waals surface area contributed by atoms with Gasteiger partial charge in [0.2, 0.25) is 5.78 Å². The first-order chi connectivity index (χ1) is 12.3. The van der Waals surface area contributed by atoms with Gasteiger partial charge in [-0.25, -0.2) is 4.79 Å². The number of ketones is 1. The normalized spacial score (nSPS) is 12.1. The van der Waals surface area contributed by atoms with Gasteiger partial charge in [0.25, 0.3) is 0 Å². The highest BCUT2D eigenvalue weighted by Gasteiger charge is 2.20. The summed E-state index contributed by atoms with van der Waals surface area (Å²) in [5, 5.41) is 0. The zero-order valence-electron chi connectivity index (χ0n) is 16.4. The fourth-order valence-corrected chi connectivity index (χ4v) is 3.31. The molecule has 0 amide bonds. The predicted molar refractivity (Wildman–Crippen MR) is 101 cm³/mol. The summed E-state index contributed by atoms with van der Waals surface area (Å²) in [7, 11) is 1.66. The number of aryl methyl sites for hydroxylation is 2. The molecular weight excluding hydrogens is 330 g/mol. The topological polar surface area (TPSA) is 57.5 Å². The van der Waals surface area contributed by atoms with Crippen LogP contribution in [0.25, 0.3) is 0 Å². The van der Waals surface area contributed by atoms with Crippen LogP contribution in [0.15, 0.2) is 24.3 Å². The lowest BCUT2D eigenvalue weighted by molar-refractivity contribution is 0.0473. The molecule has 0 spiro atoms. The second-order valence-electron chi connectivity index (χ2n) is 6.71. The second-order valence-corrected chi connectivity index (χ2v) is 6.71. The third kappa shape index (κ3) is 4.05. The van der Waals surface area contributed by atoms with Gasteiger partial charge >= 0.3 is 5.97 Å². The van der Waals surface area contributed by atoms with Gasteiger partial charge in [0.1, 0.15) is 0 Å². The first-order valence-corrected chi connectivity index (χ1v) is 8.71. The van der Waals surface area contributed by atoms with Crippen molar-refractivity contribution in [1.82, 2.24) is 4.57 Å². The summed E-state index contributed by atoms with van der Waals surface area (Å²) in [6.45, 7) is 10.0. The second kappa shape index (κ2) is 8.32. The smallest absolute Gasteiger partial charge is 0.338 e. The van der Waals surface area contributed by atoms with Gasteiger partial charge in [-0.2, -0.15) is 0 Å². The average Bonchev–Trinajstić information content (AvgIpc) is 2.89. The molecule has 1 aromatic carbocycles. The Kier molecular flexibility index (Phi) is 6.37. The number of carbonyl (C=O) groups is 2. The van der Waals surface area contributed by atoms with E-state index in [1.807, 2.05) is 52.8 Å². The fraction of sp³-hybridized carbons (Fsp3) is 0.429. The maximum absolute atomic E-state index is 12.6. The molecule has 0 N–H and O–H groups in total. The van der Waals surface area contributed by atoms with E-state index in [2.05, 4.69) is 4.57 Å². The van der Waals surface area contributed by atoms with Crippen LogP contribution < -0.4 is 0 Å². The summed E-state index contributed by atoms with van der Waals surface area (Å²) in [4.78, 5) is 24.9. The Morgan fingerprint density at radius 3 is 2.46 bits per heavy atom. The molecule has 1 atom stereocenters. The molecule has 2 rings (SSSR count). The summed E-state index contributed by atoms with van der Waals surface area (Å²) >= 11 is 0. The van der Waals surface area contributed by atoms with Crippen LogP contribution >= 0.6 is 0 Å². The number of aromatic nitrogens is 1. The van der Waals surface area contributed by atoms with Gasteiger partial charge in [-0.1, -0.05) is 12.1 Å². The number of methoxy groups -OCH3 is 1. The monoisotopic (exact) mass is 357 g/mol. The molecule has 0 aliphatic heterocycles. The molecule has 5 nitrogen and oxygen atoms in total. The molecule has 0 aliphatic rings. The largest absolute Gasteiger partial charge is 0.454 e. The highest BCUT2D eigenvalue weighted by atomic mass is 16.5. The van der Waals surface area contributed by atoms with Crippen molar-refractivity contribution in [2.75, 3.05) is 20.3 Å². The number of carbonyl (C=O) groups excluding carboxylic acids is 2. The van der Waals surface area contributed by atoms with Crippen molar-refractivity contribution in [3.63, 3.8) is 0 Å². The van der Waals surface area contributed by atoms with E-state index < -0.39 is 5.97 Å². The molecule has 0 saturated carbocycles. The van der Waals surface area contributed by atoms with E-state index in [4.69, 9.17) is 9.47 Å². The maximum atomic E-state index is 12.6. The van der Waals surface area contributed by atoms with Crippen LogP contribution in [0.2, 0.25) is 0 Å². The van der Waals surface area contributed by atoms with Crippen molar-refractivity contribution in [2.24, 2.45) is 0 Å². The summed E-state index contributed by atoms with van der Waals surface area (Å²) in [5.74, 6) is -0.672. The minimum atomic E-state index is -0.471. The Bertz CT molecular complexity index is 820. The van der Waals surface area contributed by atoms with Gasteiger partial charge in [-0.3, -0.25) is 4.79 Å². The molecule has 140 valence electrons. The van der Waals surface area contributed by atoms with Crippen molar-refractivity contribution >= 4 is 11.8 Å². The third-order valence-electron chi connectivity index (χ3n) is 4.79. The Morgan fingerprint density at radius 1 is 1.12 bits per heavy atom. The van der Waals surface area contributed by atoms with Crippen molar-refractivity contribution in [1.29, 1.82) is 0 Å². The van der Waals surface area contributed by atoms with Crippen molar-refractivity contribution in [2.45, 2.75) is 40.7 Å². The highest BCUT2D eigenvalue weighted by molar-refractivity contribution is 6.00. The third-order valence-corrected chi connectivity index (χ3v) is 4.79. The van der Waals surface area contributed by atoms with Crippen LogP contribution in [-0.2, 0) is 9.47 Å². The lowest BCUT2D eigenvalue weighted by atomic mass is 10.0. The van der Waals surface area contributed by atoms with Gasteiger partial charge < -0.3 is 14.0 Å². The zero-order chi connectivity index (χ0) is 19.4. The number of nitrogens with zero attached hydrogens (tertiary/aromatic N) is 1. The van der Waals surface area contributed by atoms with Crippen molar-refractivity contribution in [3.05, 3.63) is 57.9 Å². The first-order valence-electron chi connectivity index (χ1n) is 8.71. The molecule has 26 heavy (non-hydrogen) atoms. The van der Waals surface area contributed by atoms with E-state index >= 15 is 0 Å². The lowest BCUT2D eigenvalue weighted by Crippen LogP contribution is -2.17. The minimum Gasteiger partial charge on any atom is -0.454 e. The molecule has 0 aliphatic carbocycles. The molecule has 1 aromatic heterocycles. The van der Waals surface area contributed by atoms with Crippen molar-refractivity contribution < 1.29 is 19.1 Å². The highest BCUT2D eigenvalue weighted by Crippen LogP contribution is 2.21. The van der Waals surface area contributed by atoms with Crippen LogP contribution in [0, 0.1) is 27.7 Å². The standard InChI is InChI=1S/C21H27NO4/c1-13-8-7-9-18(16(13)4)21(24)26-12-20(23)19-10-14(2)22(17(19)5)15(3)11-25-6/h7-10,15H,11-12H2,1-6H3/t15-/m1/s1. The summed E-state index contributed by atoms with van der Waals surface area (Å²) < 4.78 is 12.6. The molecule has 5 heteroatoms. The zero-order valence-corrected chi connectivity index (χ0v) is 16.4. The van der Waals surface area contributed by atoms with Crippen LogP contribution in [0.5, 0.6) is 0 Å². The van der Waals surface area contributed by atoms with Crippen LogP contribution in [0.4, 0.5) is 0 Å². The number of hydrogen-bond donors (Lipinski definition) is 0. The van der Waals surface area contributed by atoms with Gasteiger partial charge in [0.15, 0.2) is 6.61 Å². The van der Waals surface area contributed by atoms with Crippen LogP contribution in [0.3, 0.4) is 0 Å². The molecule has 0 bridgehead atoms. The van der Waals surface area contributed by atoms with E-state index in [-0.39, 0.29) is 18.4 Å². The van der Waals surface area contributed by atoms with Crippen molar-refractivity contribution in [3.8, 4) is 0 Å². The Hall–Kier alpha value is -2.40. The average molecular weight is 357 g/mol. The number of Topliss-reactive ketones (excluding diaryl/α,β-unsaturated/α-hetero) is 1. The lowest BCUT2D eigenvalue weighted by Gasteiger charge is -2.17.